The van der Waals surface area contributed by atoms with Crippen molar-refractivity contribution in [3.63, 3.8) is 0 Å². The molecule has 4 rings (SSSR count). The van der Waals surface area contributed by atoms with Crippen LogP contribution in [0.25, 0.3) is 16.8 Å². The van der Waals surface area contributed by atoms with E-state index in [1.807, 2.05) is 44.2 Å². The second kappa shape index (κ2) is 6.45. The van der Waals surface area contributed by atoms with Gasteiger partial charge in [-0.2, -0.15) is 0 Å². The average molecular weight is 369 g/mol. The van der Waals surface area contributed by atoms with Crippen LogP contribution in [0.2, 0.25) is 0 Å². The minimum atomic E-state index is -0.112. The molecule has 6 nitrogen and oxygen atoms in total. The topological polar surface area (TPSA) is 75.9 Å². The van der Waals surface area contributed by atoms with Crippen LogP contribution >= 0.6 is 23.1 Å². The molecule has 0 spiro atoms. The molecule has 3 aromatic heterocycles. The largest absolute Gasteiger partial charge is 0.293 e. The highest BCUT2D eigenvalue weighted by Gasteiger charge is 2.15. The molecule has 3 heterocycles. The van der Waals surface area contributed by atoms with Gasteiger partial charge in [0, 0.05) is 23.1 Å². The summed E-state index contributed by atoms with van der Waals surface area (Å²) in [6.07, 6.45) is 0. The lowest BCUT2D eigenvalue weighted by molar-refractivity contribution is 0.871. The van der Waals surface area contributed by atoms with E-state index in [2.05, 4.69) is 15.3 Å². The van der Waals surface area contributed by atoms with Gasteiger partial charge in [-0.15, -0.1) is 10.2 Å². The maximum Gasteiger partial charge on any atom is 0.272 e. The van der Waals surface area contributed by atoms with E-state index in [0.717, 1.165) is 31.9 Å². The first-order valence-corrected chi connectivity index (χ1v) is 9.51. The number of aryl methyl sites for hydroxylation is 2. The number of thioether (sulfide) groups is 1. The molecule has 0 fully saturated rings. The first-order chi connectivity index (χ1) is 12.1. The molecule has 0 saturated carbocycles. The Labute approximate surface area is 151 Å². The van der Waals surface area contributed by atoms with Crippen LogP contribution in [0.5, 0.6) is 0 Å². The molecular formula is C17H15N5OS2. The van der Waals surface area contributed by atoms with E-state index >= 15 is 0 Å². The van der Waals surface area contributed by atoms with E-state index in [1.54, 1.807) is 29.2 Å². The van der Waals surface area contributed by atoms with E-state index in [1.165, 1.54) is 4.52 Å². The second-order valence-electron chi connectivity index (χ2n) is 5.60. The van der Waals surface area contributed by atoms with Crippen LogP contribution in [-0.4, -0.2) is 24.8 Å². The summed E-state index contributed by atoms with van der Waals surface area (Å²) in [5.41, 5.74) is 4.19. The zero-order valence-electron chi connectivity index (χ0n) is 13.7. The van der Waals surface area contributed by atoms with Gasteiger partial charge in [0.25, 0.3) is 5.56 Å². The van der Waals surface area contributed by atoms with E-state index in [-0.39, 0.29) is 5.56 Å². The van der Waals surface area contributed by atoms with Crippen molar-refractivity contribution in [3.05, 3.63) is 63.1 Å². The number of benzene rings is 1. The van der Waals surface area contributed by atoms with Crippen molar-refractivity contribution >= 4 is 28.7 Å². The normalized spacial score (nSPS) is 11.3. The third-order valence-electron chi connectivity index (χ3n) is 3.76. The molecule has 25 heavy (non-hydrogen) atoms. The minimum Gasteiger partial charge on any atom is -0.293 e. The van der Waals surface area contributed by atoms with Crippen molar-refractivity contribution in [2.45, 2.75) is 23.9 Å². The lowest BCUT2D eigenvalue weighted by Crippen LogP contribution is -2.15. The van der Waals surface area contributed by atoms with Gasteiger partial charge in [-0.25, -0.2) is 9.50 Å². The number of fused-ring (bicyclic) bond motifs is 1. The predicted molar refractivity (Wildman–Crippen MR) is 100 cm³/mol. The molecule has 4 aromatic rings. The summed E-state index contributed by atoms with van der Waals surface area (Å²) in [6, 6.07) is 11.5. The van der Waals surface area contributed by atoms with Gasteiger partial charge in [0.05, 0.1) is 5.69 Å². The summed E-state index contributed by atoms with van der Waals surface area (Å²) in [5.74, 6) is 0.582. The van der Waals surface area contributed by atoms with E-state index in [9.17, 15) is 4.79 Å². The smallest absolute Gasteiger partial charge is 0.272 e. The van der Waals surface area contributed by atoms with E-state index < -0.39 is 0 Å². The van der Waals surface area contributed by atoms with Gasteiger partial charge >= 0.3 is 0 Å². The molecule has 126 valence electrons. The molecule has 1 N–H and O–H groups in total. The lowest BCUT2D eigenvalue weighted by atomic mass is 10.1. The zero-order chi connectivity index (χ0) is 17.4. The summed E-state index contributed by atoms with van der Waals surface area (Å²) in [4.78, 5) is 17.2. The van der Waals surface area contributed by atoms with Gasteiger partial charge in [-0.3, -0.25) is 9.89 Å². The van der Waals surface area contributed by atoms with Gasteiger partial charge in [0.15, 0.2) is 9.99 Å². The third kappa shape index (κ3) is 3.10. The Kier molecular flexibility index (Phi) is 4.14. The van der Waals surface area contributed by atoms with Gasteiger partial charge in [0.1, 0.15) is 5.01 Å². The standard InChI is InChI=1S/C17H15N5OS2/c1-10-15(12-6-4-3-5-7-12)16-18-13(8-14(23)22(16)21-10)9-24-17-20-19-11(2)25-17/h3-8,21H,9H2,1-2H3. The molecule has 0 unspecified atom stereocenters. The van der Waals surface area contributed by atoms with Crippen LogP contribution in [0.4, 0.5) is 0 Å². The molecular weight excluding hydrogens is 354 g/mol. The molecule has 0 atom stereocenters. The molecule has 8 heteroatoms. The number of aromatic amines is 1. The lowest BCUT2D eigenvalue weighted by Gasteiger charge is -2.02. The summed E-state index contributed by atoms with van der Waals surface area (Å²) in [7, 11) is 0. The van der Waals surface area contributed by atoms with Crippen molar-refractivity contribution in [1.29, 1.82) is 0 Å². The van der Waals surface area contributed by atoms with Crippen molar-refractivity contribution in [2.24, 2.45) is 0 Å². The van der Waals surface area contributed by atoms with Crippen molar-refractivity contribution in [2.75, 3.05) is 0 Å². The van der Waals surface area contributed by atoms with Gasteiger partial charge in [-0.05, 0) is 19.4 Å². The number of aromatic nitrogens is 5. The zero-order valence-corrected chi connectivity index (χ0v) is 15.3. The van der Waals surface area contributed by atoms with Crippen LogP contribution in [-0.2, 0) is 5.75 Å². The third-order valence-corrected chi connectivity index (χ3v) is 5.77. The SMILES string of the molecule is Cc1nnc(SCc2cc(=O)n3[nH]c(C)c(-c4ccccc4)c3n2)s1. The Bertz CT molecular complexity index is 1100. The molecule has 1 aromatic carbocycles. The average Bonchev–Trinajstić information content (AvgIpc) is 3.17. The van der Waals surface area contributed by atoms with Gasteiger partial charge < -0.3 is 0 Å². The fourth-order valence-corrected chi connectivity index (χ4v) is 4.40. The Hall–Kier alpha value is -2.45. The Morgan fingerprint density at radius 1 is 1.20 bits per heavy atom. The summed E-state index contributed by atoms with van der Waals surface area (Å²) in [6.45, 7) is 3.88. The Morgan fingerprint density at radius 2 is 2.00 bits per heavy atom. The quantitative estimate of drug-likeness (QED) is 0.558. The van der Waals surface area contributed by atoms with Crippen LogP contribution in [0.3, 0.4) is 0 Å². The fourth-order valence-electron chi connectivity index (χ4n) is 2.69. The number of nitrogens with one attached hydrogen (secondary N) is 1. The molecule has 0 amide bonds. The van der Waals surface area contributed by atoms with Crippen LogP contribution < -0.4 is 5.56 Å². The maximum atomic E-state index is 12.5. The number of H-pyrrole nitrogens is 1. The number of hydrogen-bond donors (Lipinski definition) is 1. The fraction of sp³-hybridized carbons (Fsp3) is 0.176. The van der Waals surface area contributed by atoms with Crippen molar-refractivity contribution in [1.82, 2.24) is 24.8 Å². The Morgan fingerprint density at radius 3 is 2.72 bits per heavy atom. The molecule has 0 saturated heterocycles. The number of nitrogens with zero attached hydrogens (tertiary/aromatic N) is 4. The highest BCUT2D eigenvalue weighted by molar-refractivity contribution is 8.00. The van der Waals surface area contributed by atoms with Crippen molar-refractivity contribution < 1.29 is 0 Å². The van der Waals surface area contributed by atoms with Crippen molar-refractivity contribution in [3.8, 4) is 11.1 Å². The van der Waals surface area contributed by atoms with Crippen LogP contribution in [0.15, 0.2) is 45.5 Å². The molecule has 0 radical (unpaired) electrons. The second-order valence-corrected chi connectivity index (χ2v) is 8.00. The molecule has 0 bridgehead atoms. The molecule has 0 aliphatic rings. The highest BCUT2D eigenvalue weighted by atomic mass is 32.2. The monoisotopic (exact) mass is 369 g/mol. The predicted octanol–water partition coefficient (Wildman–Crippen LogP) is 3.45. The van der Waals surface area contributed by atoms with Gasteiger partial charge in [-0.1, -0.05) is 53.4 Å². The summed E-state index contributed by atoms with van der Waals surface area (Å²) < 4.78 is 2.38. The number of rotatable bonds is 4. The van der Waals surface area contributed by atoms with Gasteiger partial charge in [0.2, 0.25) is 0 Å². The summed E-state index contributed by atoms with van der Waals surface area (Å²) in [5, 5.41) is 12.2. The maximum absolute atomic E-state index is 12.5. The first kappa shape index (κ1) is 16.0. The van der Waals surface area contributed by atoms with E-state index in [4.69, 9.17) is 4.98 Å². The van der Waals surface area contributed by atoms with E-state index in [0.29, 0.717) is 11.4 Å². The molecule has 0 aliphatic heterocycles. The first-order valence-electron chi connectivity index (χ1n) is 7.71. The Balaban J connectivity index is 1.76. The molecule has 0 aliphatic carbocycles. The number of hydrogen-bond acceptors (Lipinski definition) is 6. The highest BCUT2D eigenvalue weighted by Crippen LogP contribution is 2.28. The van der Waals surface area contributed by atoms with Crippen LogP contribution in [0, 0.1) is 13.8 Å². The minimum absolute atomic E-state index is 0.112. The van der Waals surface area contributed by atoms with Crippen LogP contribution in [0.1, 0.15) is 16.4 Å². The summed E-state index contributed by atoms with van der Waals surface area (Å²) >= 11 is 3.09.